The molecule has 396 valence electrons. The fraction of sp³-hybridized carbons (Fsp3) is 0.516. The molecule has 0 fully saturated rings. The predicted molar refractivity (Wildman–Crippen MR) is 298 cm³/mol. The molecule has 0 aliphatic heterocycles. The second kappa shape index (κ2) is 33.4. The number of hydrogen-bond acceptors (Lipinski definition) is 7. The van der Waals surface area contributed by atoms with Crippen molar-refractivity contribution in [3.63, 3.8) is 0 Å². The maximum Gasteiger partial charge on any atom is 0.129 e. The highest BCUT2D eigenvalue weighted by atomic mass is 19.1. The Hall–Kier alpha value is -4.32. The van der Waals surface area contributed by atoms with Crippen molar-refractivity contribution in [3.8, 4) is 0 Å². The van der Waals surface area contributed by atoms with E-state index < -0.39 is 0 Å². The number of aliphatic hydroxyl groups excluding tert-OH is 1. The fourth-order valence-electron chi connectivity index (χ4n) is 8.01. The molecule has 9 heteroatoms. The highest BCUT2D eigenvalue weighted by molar-refractivity contribution is 5.38. The molecule has 0 unspecified atom stereocenters. The molecule has 71 heavy (non-hydrogen) atoms. The molecule has 0 amide bonds. The van der Waals surface area contributed by atoms with Crippen molar-refractivity contribution in [2.75, 3.05) is 40.6 Å². The predicted octanol–water partition coefficient (Wildman–Crippen LogP) is 14.1. The molecule has 0 saturated heterocycles. The van der Waals surface area contributed by atoms with Gasteiger partial charge in [0.15, 0.2) is 0 Å². The summed E-state index contributed by atoms with van der Waals surface area (Å²) >= 11 is 0. The van der Waals surface area contributed by atoms with Crippen molar-refractivity contribution in [1.82, 2.24) is 10.6 Å². The van der Waals surface area contributed by atoms with Crippen molar-refractivity contribution in [2.45, 2.75) is 172 Å². The maximum atomic E-state index is 13.7. The molecule has 7 nitrogen and oxygen atoms in total. The summed E-state index contributed by atoms with van der Waals surface area (Å²) < 4.78 is 42.6. The van der Waals surface area contributed by atoms with Gasteiger partial charge in [-0.3, -0.25) is 0 Å². The molecule has 5 aromatic carbocycles. The Morgan fingerprint density at radius 1 is 0.535 bits per heavy atom. The highest BCUT2D eigenvalue weighted by Gasteiger charge is 2.21. The van der Waals surface area contributed by atoms with Crippen LogP contribution in [0.3, 0.4) is 0 Å². The van der Waals surface area contributed by atoms with Crippen LogP contribution in [0.15, 0.2) is 91.0 Å². The van der Waals surface area contributed by atoms with Crippen LogP contribution in [0.5, 0.6) is 0 Å². The topological polar surface area (TPSA) is 98.0 Å². The first-order chi connectivity index (χ1) is 33.4. The third-order valence-electron chi connectivity index (χ3n) is 12.0. The number of nitrogens with two attached hydrogens (primary N) is 1. The van der Waals surface area contributed by atoms with Crippen molar-refractivity contribution in [1.29, 1.82) is 0 Å². The lowest BCUT2D eigenvalue weighted by molar-refractivity contribution is 0.0612. The van der Waals surface area contributed by atoms with Crippen LogP contribution in [-0.2, 0) is 57.9 Å². The first-order valence-corrected chi connectivity index (χ1v) is 25.5. The number of rotatable bonds is 17. The molecule has 0 radical (unpaired) electrons. The van der Waals surface area contributed by atoms with Crippen LogP contribution in [0.2, 0.25) is 0 Å². The van der Waals surface area contributed by atoms with Crippen molar-refractivity contribution < 1.29 is 28.1 Å². The average Bonchev–Trinajstić information content (AvgIpc) is 3.29. The number of aliphatic hydroxyl groups is 1. The van der Waals surface area contributed by atoms with Crippen LogP contribution < -0.4 is 16.4 Å². The molecule has 0 aromatic heterocycles. The molecule has 0 aliphatic carbocycles. The molecule has 5 aromatic rings. The molecule has 0 aliphatic rings. The molecular formula is C62H95F2N3O4. The highest BCUT2D eigenvalue weighted by Crippen LogP contribution is 2.29. The third-order valence-corrected chi connectivity index (χ3v) is 12.0. The van der Waals surface area contributed by atoms with Crippen LogP contribution >= 0.6 is 0 Å². The lowest BCUT2D eigenvalue weighted by atomic mass is 9.83. The van der Waals surface area contributed by atoms with Gasteiger partial charge in [-0.15, -0.1) is 0 Å². The number of halogens is 2. The standard InChI is InChI=1S/C14H23N.C13H19FO2.C12H19N.C12H18O2.C11H16FN/c1-10(2)13-8-6-7-12(5)14(13)9-15-11(3)4;1-13(2,3)11-5-4-6-12(14)10(11)9-16-8-7-15;1-9(2)11-7-5-6-10(3)12(11)8-13-4;1-10-5-4-6-11(2)12(10)9-14-8-7-13-3;1-11(2,3)9-5-4-6-10(12)8(9)7-13/h6-8,10-11,15H,9H2,1-5H3;4-6,15H,7-9H2,1-3H3;5-7,9,13H,8H2,1-4H3;4-6H,7-9H2,1-3H3;4-6H,7,13H2,1-3H3. The molecule has 0 saturated carbocycles. The van der Waals surface area contributed by atoms with E-state index in [1.165, 1.54) is 62.2 Å². The van der Waals surface area contributed by atoms with E-state index in [2.05, 4.69) is 155 Å². The minimum atomic E-state index is -0.245. The van der Waals surface area contributed by atoms with Crippen molar-refractivity contribution in [3.05, 3.63) is 175 Å². The minimum absolute atomic E-state index is 0.0424. The van der Waals surface area contributed by atoms with Gasteiger partial charge in [0, 0.05) is 43.9 Å². The zero-order valence-electron chi connectivity index (χ0n) is 47.3. The number of ether oxygens (including phenoxy) is 3. The van der Waals surface area contributed by atoms with E-state index in [0.29, 0.717) is 48.8 Å². The largest absolute Gasteiger partial charge is 0.394 e. The van der Waals surface area contributed by atoms with E-state index in [0.717, 1.165) is 24.2 Å². The Labute approximate surface area is 430 Å². The Morgan fingerprint density at radius 2 is 0.930 bits per heavy atom. The van der Waals surface area contributed by atoms with Gasteiger partial charge in [-0.1, -0.05) is 162 Å². The zero-order valence-corrected chi connectivity index (χ0v) is 47.3. The summed E-state index contributed by atoms with van der Waals surface area (Å²) in [5.74, 6) is 0.775. The van der Waals surface area contributed by atoms with Crippen molar-refractivity contribution in [2.24, 2.45) is 5.73 Å². The van der Waals surface area contributed by atoms with Crippen LogP contribution in [0.1, 0.15) is 167 Å². The monoisotopic (exact) mass is 984 g/mol. The summed E-state index contributed by atoms with van der Waals surface area (Å²) in [6.45, 7) is 38.9. The molecule has 5 rings (SSSR count). The minimum Gasteiger partial charge on any atom is -0.394 e. The van der Waals surface area contributed by atoms with Gasteiger partial charge in [0.05, 0.1) is 39.6 Å². The van der Waals surface area contributed by atoms with E-state index in [1.54, 1.807) is 19.2 Å². The van der Waals surface area contributed by atoms with Gasteiger partial charge in [0.2, 0.25) is 0 Å². The number of aryl methyl sites for hydroxylation is 4. The van der Waals surface area contributed by atoms with Gasteiger partial charge in [-0.25, -0.2) is 8.78 Å². The van der Waals surface area contributed by atoms with Gasteiger partial charge in [-0.05, 0) is 131 Å². The first-order valence-electron chi connectivity index (χ1n) is 25.5. The molecule has 0 heterocycles. The maximum absolute atomic E-state index is 13.7. The van der Waals surface area contributed by atoms with Crippen LogP contribution in [-0.4, -0.2) is 51.7 Å². The Balaban J connectivity index is 0.000000445. The SMILES string of the molecule is CC(C)(C)c1cccc(F)c1CN.CC(C)(C)c1cccc(F)c1COCCO.CNCc1c(C)cccc1C(C)C.COCCOCc1c(C)cccc1C.Cc1cccc(C(C)C)c1CNC(C)C. The zero-order chi connectivity index (χ0) is 53.9. The van der Waals surface area contributed by atoms with Crippen molar-refractivity contribution >= 4 is 0 Å². The Bertz CT molecular complexity index is 2240. The normalized spacial score (nSPS) is 11.3. The van der Waals surface area contributed by atoms with E-state index in [9.17, 15) is 8.78 Å². The van der Waals surface area contributed by atoms with Gasteiger partial charge in [-0.2, -0.15) is 0 Å². The van der Waals surface area contributed by atoms with Gasteiger partial charge < -0.3 is 35.7 Å². The van der Waals surface area contributed by atoms with E-state index >= 15 is 0 Å². The van der Waals surface area contributed by atoms with Gasteiger partial charge in [0.1, 0.15) is 11.6 Å². The smallest absolute Gasteiger partial charge is 0.129 e. The summed E-state index contributed by atoms with van der Waals surface area (Å²) in [5, 5.41) is 15.3. The Morgan fingerprint density at radius 3 is 1.32 bits per heavy atom. The molecule has 0 atom stereocenters. The lowest BCUT2D eigenvalue weighted by Crippen LogP contribution is -2.23. The van der Waals surface area contributed by atoms with Crippen LogP contribution in [0, 0.1) is 39.3 Å². The number of benzene rings is 5. The third kappa shape index (κ3) is 23.4. The van der Waals surface area contributed by atoms with Gasteiger partial charge >= 0.3 is 0 Å². The second-order valence-corrected chi connectivity index (χ2v) is 21.1. The van der Waals surface area contributed by atoms with Crippen LogP contribution in [0.4, 0.5) is 8.78 Å². The fourth-order valence-corrected chi connectivity index (χ4v) is 8.01. The summed E-state index contributed by atoms with van der Waals surface area (Å²) in [6, 6.07) is 30.2. The Kier molecular flexibility index (Phi) is 30.4. The summed E-state index contributed by atoms with van der Waals surface area (Å²) in [5.41, 5.74) is 21.1. The summed E-state index contributed by atoms with van der Waals surface area (Å²) in [4.78, 5) is 0. The van der Waals surface area contributed by atoms with E-state index in [4.69, 9.17) is 25.1 Å². The molecule has 0 bridgehead atoms. The molecule has 0 spiro atoms. The summed E-state index contributed by atoms with van der Waals surface area (Å²) in [6.07, 6.45) is 0. The van der Waals surface area contributed by atoms with Crippen LogP contribution in [0.25, 0.3) is 0 Å². The second-order valence-electron chi connectivity index (χ2n) is 21.1. The number of methoxy groups -OCH3 is 1. The first kappa shape index (κ1) is 64.7. The molecule has 5 N–H and O–H groups in total. The average molecular weight is 984 g/mol. The van der Waals surface area contributed by atoms with E-state index in [-0.39, 0.29) is 48.8 Å². The quantitative estimate of drug-likeness (QED) is 0.0689. The summed E-state index contributed by atoms with van der Waals surface area (Å²) in [7, 11) is 3.68. The molecular weight excluding hydrogens is 889 g/mol. The van der Waals surface area contributed by atoms with Gasteiger partial charge in [0.25, 0.3) is 0 Å². The lowest BCUT2D eigenvalue weighted by Gasteiger charge is -2.23. The van der Waals surface area contributed by atoms with E-state index in [1.807, 2.05) is 40.0 Å². The number of hydrogen-bond donors (Lipinski definition) is 4. The number of nitrogens with one attached hydrogen (secondary N) is 2.